The van der Waals surface area contributed by atoms with Gasteiger partial charge in [-0.3, -0.25) is 0 Å². The van der Waals surface area contributed by atoms with Gasteiger partial charge in [-0.05, 0) is 25.2 Å². The van der Waals surface area contributed by atoms with Crippen molar-refractivity contribution in [3.63, 3.8) is 0 Å². The van der Waals surface area contributed by atoms with E-state index in [1.807, 2.05) is 0 Å². The number of halogens is 2. The van der Waals surface area contributed by atoms with Crippen molar-refractivity contribution >= 4 is 23.2 Å². The topological polar surface area (TPSA) is 26.0 Å². The van der Waals surface area contributed by atoms with Crippen molar-refractivity contribution in [2.75, 3.05) is 0 Å². The van der Waals surface area contributed by atoms with E-state index in [9.17, 15) is 0 Å². The van der Waals surface area contributed by atoms with E-state index in [0.717, 1.165) is 25.2 Å². The summed E-state index contributed by atoms with van der Waals surface area (Å²) in [4.78, 5) is 0. The van der Waals surface area contributed by atoms with Gasteiger partial charge >= 0.3 is 0 Å². The Morgan fingerprint density at radius 1 is 1.64 bits per heavy atom. The zero-order valence-corrected chi connectivity index (χ0v) is 8.12. The summed E-state index contributed by atoms with van der Waals surface area (Å²) < 4.78 is 0.328. The third kappa shape index (κ3) is 2.66. The molecule has 2 N–H and O–H groups in total. The predicted molar refractivity (Wildman–Crippen MR) is 49.7 cm³/mol. The van der Waals surface area contributed by atoms with Crippen molar-refractivity contribution in [3.8, 4) is 0 Å². The average molecular weight is 194 g/mol. The van der Waals surface area contributed by atoms with Crippen LogP contribution in [0.2, 0.25) is 0 Å². The molecule has 0 atom stereocenters. The van der Waals surface area contributed by atoms with Gasteiger partial charge in [0.1, 0.15) is 4.49 Å². The Morgan fingerprint density at radius 3 is 2.55 bits per heavy atom. The zero-order valence-electron chi connectivity index (χ0n) is 6.61. The summed E-state index contributed by atoms with van der Waals surface area (Å²) in [6.07, 6.45) is 4.77. The van der Waals surface area contributed by atoms with Crippen LogP contribution in [0.5, 0.6) is 0 Å². The average Bonchev–Trinajstić information content (AvgIpc) is 1.81. The Bertz CT molecular complexity index is 167. The molecule has 0 heterocycles. The van der Waals surface area contributed by atoms with E-state index in [-0.39, 0.29) is 5.54 Å². The van der Waals surface area contributed by atoms with Crippen LogP contribution in [0.1, 0.15) is 26.2 Å². The molecule has 1 aliphatic rings. The van der Waals surface area contributed by atoms with Crippen molar-refractivity contribution in [1.82, 2.24) is 0 Å². The van der Waals surface area contributed by atoms with Gasteiger partial charge in [0.2, 0.25) is 0 Å². The molecule has 0 radical (unpaired) electrons. The molecule has 3 heteroatoms. The molecule has 0 aromatic carbocycles. The molecule has 0 amide bonds. The highest BCUT2D eigenvalue weighted by Gasteiger charge is 2.37. The lowest BCUT2D eigenvalue weighted by Crippen LogP contribution is -2.50. The fourth-order valence-electron chi connectivity index (χ4n) is 1.78. The molecule has 64 valence electrons. The predicted octanol–water partition coefficient (Wildman–Crippen LogP) is 2.82. The lowest BCUT2D eigenvalue weighted by atomic mass is 9.68. The molecule has 0 aromatic rings. The quantitative estimate of drug-likeness (QED) is 0.718. The third-order valence-electron chi connectivity index (χ3n) is 2.17. The Kier molecular flexibility index (Phi) is 2.84. The molecule has 0 bridgehead atoms. The van der Waals surface area contributed by atoms with E-state index >= 15 is 0 Å². The lowest BCUT2D eigenvalue weighted by molar-refractivity contribution is 0.166. The van der Waals surface area contributed by atoms with Crippen molar-refractivity contribution in [2.24, 2.45) is 11.7 Å². The van der Waals surface area contributed by atoms with E-state index in [0.29, 0.717) is 4.49 Å². The van der Waals surface area contributed by atoms with Gasteiger partial charge in [-0.25, -0.2) is 0 Å². The molecular weight excluding hydrogens is 181 g/mol. The highest BCUT2D eigenvalue weighted by atomic mass is 35.5. The van der Waals surface area contributed by atoms with Crippen LogP contribution in [0.15, 0.2) is 10.6 Å². The standard InChI is InChI=1S/C8H13Cl2N/c1-6-4-8(11,5-6)3-2-7(9)10/h2,6H,3-5,11H2,1H3. The van der Waals surface area contributed by atoms with Gasteiger partial charge in [-0.1, -0.05) is 36.2 Å². The van der Waals surface area contributed by atoms with Crippen molar-refractivity contribution in [1.29, 1.82) is 0 Å². The molecule has 11 heavy (non-hydrogen) atoms. The summed E-state index contributed by atoms with van der Waals surface area (Å²) in [6.45, 7) is 2.21. The number of hydrogen-bond acceptors (Lipinski definition) is 1. The maximum atomic E-state index is 5.98. The van der Waals surface area contributed by atoms with Crippen LogP contribution >= 0.6 is 23.2 Å². The van der Waals surface area contributed by atoms with Crippen LogP contribution in [0.3, 0.4) is 0 Å². The first kappa shape index (κ1) is 9.37. The highest BCUT2D eigenvalue weighted by Crippen LogP contribution is 2.38. The van der Waals surface area contributed by atoms with Crippen molar-refractivity contribution in [3.05, 3.63) is 10.6 Å². The van der Waals surface area contributed by atoms with Crippen LogP contribution in [-0.2, 0) is 0 Å². The summed E-state index contributed by atoms with van der Waals surface area (Å²) in [5.74, 6) is 0.766. The minimum absolute atomic E-state index is 0.0194. The third-order valence-corrected chi connectivity index (χ3v) is 2.48. The van der Waals surface area contributed by atoms with E-state index in [1.165, 1.54) is 0 Å². The molecule has 1 nitrogen and oxygen atoms in total. The molecule has 0 spiro atoms. The van der Waals surface area contributed by atoms with Crippen LogP contribution in [0.4, 0.5) is 0 Å². The SMILES string of the molecule is CC1CC(N)(CC=C(Cl)Cl)C1. The molecule has 0 aromatic heterocycles. The summed E-state index contributed by atoms with van der Waals surface area (Å²) >= 11 is 10.9. The Morgan fingerprint density at radius 2 is 2.18 bits per heavy atom. The molecular formula is C8H13Cl2N. The first-order valence-corrected chi connectivity index (χ1v) is 4.57. The fraction of sp³-hybridized carbons (Fsp3) is 0.750. The first-order chi connectivity index (χ1) is 5.02. The fourth-order valence-corrected chi connectivity index (χ4v) is 1.93. The molecule has 1 saturated carbocycles. The van der Waals surface area contributed by atoms with E-state index in [1.54, 1.807) is 6.08 Å². The summed E-state index contributed by atoms with van der Waals surface area (Å²) in [5.41, 5.74) is 5.96. The number of rotatable bonds is 2. The summed E-state index contributed by atoms with van der Waals surface area (Å²) in [5, 5.41) is 0. The molecule has 1 rings (SSSR count). The Labute approximate surface area is 77.5 Å². The maximum Gasteiger partial charge on any atom is 0.102 e. The molecule has 1 aliphatic carbocycles. The van der Waals surface area contributed by atoms with Crippen LogP contribution < -0.4 is 5.73 Å². The molecule has 0 unspecified atom stereocenters. The van der Waals surface area contributed by atoms with Crippen LogP contribution in [0, 0.1) is 5.92 Å². The number of nitrogens with two attached hydrogens (primary N) is 1. The number of hydrogen-bond donors (Lipinski definition) is 1. The van der Waals surface area contributed by atoms with E-state index in [4.69, 9.17) is 28.9 Å². The van der Waals surface area contributed by atoms with Gasteiger partial charge in [0.15, 0.2) is 0 Å². The van der Waals surface area contributed by atoms with Gasteiger partial charge in [-0.2, -0.15) is 0 Å². The van der Waals surface area contributed by atoms with Crippen molar-refractivity contribution < 1.29 is 0 Å². The maximum absolute atomic E-state index is 5.98. The van der Waals surface area contributed by atoms with E-state index in [2.05, 4.69) is 6.92 Å². The van der Waals surface area contributed by atoms with Gasteiger partial charge in [0.05, 0.1) is 0 Å². The van der Waals surface area contributed by atoms with Gasteiger partial charge in [-0.15, -0.1) is 0 Å². The van der Waals surface area contributed by atoms with Crippen molar-refractivity contribution in [2.45, 2.75) is 31.7 Å². The monoisotopic (exact) mass is 193 g/mol. The second-order valence-corrected chi connectivity index (χ2v) is 4.58. The van der Waals surface area contributed by atoms with Gasteiger partial charge < -0.3 is 5.73 Å². The molecule has 1 fully saturated rings. The second-order valence-electron chi connectivity index (χ2n) is 3.57. The van der Waals surface area contributed by atoms with Gasteiger partial charge in [0.25, 0.3) is 0 Å². The Balaban J connectivity index is 2.33. The first-order valence-electron chi connectivity index (χ1n) is 3.82. The molecule has 0 aliphatic heterocycles. The minimum atomic E-state index is -0.0194. The second kappa shape index (κ2) is 3.34. The van der Waals surface area contributed by atoms with Crippen LogP contribution in [-0.4, -0.2) is 5.54 Å². The molecule has 0 saturated heterocycles. The lowest BCUT2D eigenvalue weighted by Gasteiger charge is -2.43. The Hall–Kier alpha value is 0.280. The normalized spacial score (nSPS) is 36.2. The minimum Gasteiger partial charge on any atom is -0.325 e. The smallest absolute Gasteiger partial charge is 0.102 e. The summed E-state index contributed by atoms with van der Waals surface area (Å²) in [7, 11) is 0. The van der Waals surface area contributed by atoms with E-state index < -0.39 is 0 Å². The zero-order chi connectivity index (χ0) is 8.48. The summed E-state index contributed by atoms with van der Waals surface area (Å²) in [6, 6.07) is 0. The van der Waals surface area contributed by atoms with Gasteiger partial charge in [0, 0.05) is 5.54 Å². The van der Waals surface area contributed by atoms with Crippen LogP contribution in [0.25, 0.3) is 0 Å². The highest BCUT2D eigenvalue weighted by molar-refractivity contribution is 6.55. The largest absolute Gasteiger partial charge is 0.325 e.